The fourth-order valence-electron chi connectivity index (χ4n) is 2.83. The highest BCUT2D eigenvalue weighted by atomic mass is 16.7. The van der Waals surface area contributed by atoms with Crippen LogP contribution in [-0.4, -0.2) is 44.6 Å². The van der Waals surface area contributed by atoms with Crippen molar-refractivity contribution < 1.29 is 19.2 Å². The van der Waals surface area contributed by atoms with Crippen LogP contribution in [-0.2, 0) is 14.4 Å². The van der Waals surface area contributed by atoms with Gasteiger partial charge in [0.15, 0.2) is 0 Å². The highest BCUT2D eigenvalue weighted by Crippen LogP contribution is 2.35. The third-order valence-corrected chi connectivity index (χ3v) is 4.44. The summed E-state index contributed by atoms with van der Waals surface area (Å²) < 4.78 is 4.79. The van der Waals surface area contributed by atoms with Gasteiger partial charge in [-0.3, -0.25) is 4.84 Å². The van der Waals surface area contributed by atoms with Crippen LogP contribution in [0.1, 0.15) is 46.1 Å². The number of amides is 1. The fraction of sp³-hybridized carbons (Fsp3) is 0.524. The number of carbonyl (C=O) groups is 1. The highest BCUT2D eigenvalue weighted by Gasteiger charge is 2.36. The second-order valence-electron chi connectivity index (χ2n) is 7.78. The molecule has 29 heavy (non-hydrogen) atoms. The third-order valence-electron chi connectivity index (χ3n) is 4.44. The molecule has 2 rings (SSSR count). The van der Waals surface area contributed by atoms with Crippen LogP contribution in [0.25, 0.3) is 0 Å². The Morgan fingerprint density at radius 1 is 1.10 bits per heavy atom. The zero-order valence-electron chi connectivity index (χ0n) is 18.2. The van der Waals surface area contributed by atoms with Crippen molar-refractivity contribution >= 4 is 28.9 Å². The van der Waals surface area contributed by atoms with E-state index in [1.165, 1.54) is 21.3 Å². The molecule has 0 aromatic heterocycles. The molecule has 0 saturated heterocycles. The van der Waals surface area contributed by atoms with Crippen LogP contribution in [0.3, 0.4) is 0 Å². The first-order chi connectivity index (χ1) is 13.7. The normalized spacial score (nSPS) is 15.9. The van der Waals surface area contributed by atoms with E-state index in [1.54, 1.807) is 6.07 Å². The summed E-state index contributed by atoms with van der Waals surface area (Å²) in [6, 6.07) is 7.28. The molecule has 1 aromatic rings. The number of ether oxygens (including phenoxy) is 1. The van der Waals surface area contributed by atoms with Gasteiger partial charge in [0.1, 0.15) is 12.8 Å². The molecule has 0 heterocycles. The van der Waals surface area contributed by atoms with Crippen LogP contribution >= 0.6 is 0 Å². The van der Waals surface area contributed by atoms with E-state index in [2.05, 4.69) is 36.1 Å². The van der Waals surface area contributed by atoms with Crippen molar-refractivity contribution in [2.75, 3.05) is 26.4 Å². The zero-order valence-corrected chi connectivity index (χ0v) is 18.2. The molecule has 1 aliphatic rings. The highest BCUT2D eigenvalue weighted by molar-refractivity contribution is 6.45. The number of methoxy groups -OCH3 is 1. The number of hydrogen-bond donors (Lipinski definition) is 0. The standard InChI is InChI=1S/C21H30N4O4/c1-14(16-10-8-9-11-17(16)25(29-7)20(26)27-5)22-23-18(15-12-13-15)19(24-28-6)21(2,3)4/h8-11,15H,12-13H2,1-7H3/b22-14+,23-18+,24-19-. The Morgan fingerprint density at radius 2 is 1.76 bits per heavy atom. The predicted molar refractivity (Wildman–Crippen MR) is 115 cm³/mol. The van der Waals surface area contributed by atoms with Crippen LogP contribution in [0.4, 0.5) is 10.5 Å². The van der Waals surface area contributed by atoms with Gasteiger partial charge in [0.25, 0.3) is 0 Å². The summed E-state index contributed by atoms with van der Waals surface area (Å²) in [5, 5.41) is 14.3. The minimum absolute atomic E-state index is 0.226. The molecule has 1 aromatic carbocycles. The molecule has 1 fully saturated rings. The molecule has 0 unspecified atom stereocenters. The third kappa shape index (κ3) is 5.63. The van der Waals surface area contributed by atoms with Gasteiger partial charge < -0.3 is 9.57 Å². The molecule has 1 saturated carbocycles. The molecule has 8 nitrogen and oxygen atoms in total. The minimum atomic E-state index is -0.628. The first kappa shape index (κ1) is 22.5. The maximum atomic E-state index is 12.0. The van der Waals surface area contributed by atoms with E-state index >= 15 is 0 Å². The number of hydroxylamine groups is 1. The molecule has 0 bridgehead atoms. The van der Waals surface area contributed by atoms with Gasteiger partial charge in [-0.2, -0.15) is 15.3 Å². The number of para-hydroxylation sites is 1. The first-order valence-corrected chi connectivity index (χ1v) is 9.50. The Labute approximate surface area is 172 Å². The summed E-state index contributed by atoms with van der Waals surface area (Å²) >= 11 is 0. The van der Waals surface area contributed by atoms with Crippen molar-refractivity contribution in [3.63, 3.8) is 0 Å². The minimum Gasteiger partial charge on any atom is -0.451 e. The Kier molecular flexibility index (Phi) is 7.50. The lowest BCUT2D eigenvalue weighted by atomic mass is 9.85. The predicted octanol–water partition coefficient (Wildman–Crippen LogP) is 4.44. The van der Waals surface area contributed by atoms with Crippen LogP contribution in [0.15, 0.2) is 39.6 Å². The van der Waals surface area contributed by atoms with Gasteiger partial charge in [0, 0.05) is 16.9 Å². The van der Waals surface area contributed by atoms with Crippen molar-refractivity contribution in [1.82, 2.24) is 0 Å². The van der Waals surface area contributed by atoms with Gasteiger partial charge in [-0.15, -0.1) is 0 Å². The maximum Gasteiger partial charge on any atom is 0.438 e. The summed E-state index contributed by atoms with van der Waals surface area (Å²) in [5.74, 6) is 0.334. The van der Waals surface area contributed by atoms with Gasteiger partial charge in [-0.05, 0) is 25.8 Å². The van der Waals surface area contributed by atoms with E-state index in [-0.39, 0.29) is 5.41 Å². The Balaban J connectivity index is 2.47. The molecular weight excluding hydrogens is 372 g/mol. The van der Waals surface area contributed by atoms with Gasteiger partial charge in [-0.1, -0.05) is 44.1 Å². The number of rotatable bonds is 7. The average Bonchev–Trinajstić information content (AvgIpc) is 3.52. The molecule has 1 amide bonds. The second-order valence-corrected chi connectivity index (χ2v) is 7.78. The van der Waals surface area contributed by atoms with Crippen LogP contribution in [0.2, 0.25) is 0 Å². The monoisotopic (exact) mass is 402 g/mol. The average molecular weight is 402 g/mol. The molecule has 0 atom stereocenters. The molecular formula is C21H30N4O4. The molecule has 158 valence electrons. The summed E-state index contributed by atoms with van der Waals surface area (Å²) in [6.45, 7) is 8.05. The van der Waals surface area contributed by atoms with Crippen molar-refractivity contribution in [3.8, 4) is 0 Å². The first-order valence-electron chi connectivity index (χ1n) is 9.50. The number of carbonyl (C=O) groups excluding carboxylic acids is 1. The zero-order chi connectivity index (χ0) is 21.6. The Bertz CT molecular complexity index is 820. The molecule has 0 radical (unpaired) electrons. The van der Waals surface area contributed by atoms with E-state index in [9.17, 15) is 4.79 Å². The smallest absolute Gasteiger partial charge is 0.438 e. The van der Waals surface area contributed by atoms with Crippen molar-refractivity contribution in [1.29, 1.82) is 0 Å². The van der Waals surface area contributed by atoms with Gasteiger partial charge >= 0.3 is 6.09 Å². The molecule has 8 heteroatoms. The van der Waals surface area contributed by atoms with Crippen LogP contribution < -0.4 is 5.06 Å². The topological polar surface area (TPSA) is 85.1 Å². The van der Waals surface area contributed by atoms with Gasteiger partial charge in [0.2, 0.25) is 0 Å². The summed E-state index contributed by atoms with van der Waals surface area (Å²) in [7, 11) is 4.24. The lowest BCUT2D eigenvalue weighted by Gasteiger charge is -2.22. The maximum absolute atomic E-state index is 12.0. The molecule has 0 aliphatic heterocycles. The lowest BCUT2D eigenvalue weighted by Crippen LogP contribution is -2.31. The quantitative estimate of drug-likeness (QED) is 0.498. The van der Waals surface area contributed by atoms with E-state index in [0.29, 0.717) is 22.9 Å². The fourth-order valence-corrected chi connectivity index (χ4v) is 2.83. The summed E-state index contributed by atoms with van der Waals surface area (Å²) in [5.41, 5.74) is 3.27. The van der Waals surface area contributed by atoms with Crippen molar-refractivity contribution in [2.24, 2.45) is 26.7 Å². The molecule has 0 spiro atoms. The van der Waals surface area contributed by atoms with E-state index in [1.807, 2.05) is 25.1 Å². The van der Waals surface area contributed by atoms with Crippen LogP contribution in [0.5, 0.6) is 0 Å². The molecule has 0 N–H and O–H groups in total. The van der Waals surface area contributed by atoms with Crippen LogP contribution in [0, 0.1) is 11.3 Å². The van der Waals surface area contributed by atoms with Gasteiger partial charge in [-0.25, -0.2) is 4.79 Å². The SMILES string of the molecule is CO/N=C(/C(=N/N=C(\C)c1ccccc1N(OC)C(=O)OC)C1CC1)C(C)(C)C. The van der Waals surface area contributed by atoms with E-state index in [4.69, 9.17) is 14.4 Å². The lowest BCUT2D eigenvalue weighted by molar-refractivity contribution is 0.115. The Morgan fingerprint density at radius 3 is 2.28 bits per heavy atom. The van der Waals surface area contributed by atoms with E-state index in [0.717, 1.165) is 29.3 Å². The largest absolute Gasteiger partial charge is 0.451 e. The molecule has 1 aliphatic carbocycles. The summed E-state index contributed by atoms with van der Waals surface area (Å²) in [4.78, 5) is 22.3. The number of hydrogen-bond acceptors (Lipinski definition) is 7. The second kappa shape index (κ2) is 9.65. The van der Waals surface area contributed by atoms with Gasteiger partial charge in [0.05, 0.1) is 31.3 Å². The van der Waals surface area contributed by atoms with Crippen molar-refractivity contribution in [3.05, 3.63) is 29.8 Å². The van der Waals surface area contributed by atoms with E-state index < -0.39 is 6.09 Å². The number of anilines is 1. The number of benzene rings is 1. The summed E-state index contributed by atoms with van der Waals surface area (Å²) in [6.07, 6.45) is 1.49. The Hall–Kier alpha value is -2.74. The number of nitrogens with zero attached hydrogens (tertiary/aromatic N) is 4. The van der Waals surface area contributed by atoms with Crippen molar-refractivity contribution in [2.45, 2.75) is 40.5 Å². The number of oxime groups is 1.